The zero-order valence-corrected chi connectivity index (χ0v) is 24.8. The third kappa shape index (κ3) is 18.4. The lowest BCUT2D eigenvalue weighted by atomic mass is 10.0. The summed E-state index contributed by atoms with van der Waals surface area (Å²) in [5.74, 6) is -4.42. The average Bonchev–Trinajstić information content (AvgIpc) is 2.88. The van der Waals surface area contributed by atoms with Gasteiger partial charge in [-0.25, -0.2) is 0 Å². The van der Waals surface area contributed by atoms with Crippen LogP contribution in [0.1, 0.15) is 124 Å². The van der Waals surface area contributed by atoms with Crippen molar-refractivity contribution < 1.29 is 34.2 Å². The summed E-state index contributed by atoms with van der Waals surface area (Å²) in [6.45, 7) is 9.59. The minimum atomic E-state index is -1.09. The van der Waals surface area contributed by atoms with E-state index in [0.29, 0.717) is 49.9 Å². The molecule has 0 aromatic rings. The number of rotatable bonds is 26. The van der Waals surface area contributed by atoms with E-state index < -0.39 is 35.7 Å². The van der Waals surface area contributed by atoms with Crippen molar-refractivity contribution in [3.8, 4) is 0 Å². The highest BCUT2D eigenvalue weighted by Crippen LogP contribution is 2.20. The second kappa shape index (κ2) is 22.0. The summed E-state index contributed by atoms with van der Waals surface area (Å²) >= 11 is 0. The Morgan fingerprint density at radius 3 is 1.45 bits per heavy atom. The van der Waals surface area contributed by atoms with Gasteiger partial charge in [0, 0.05) is 31.1 Å². The SMILES string of the molecule is CCCCCCCCCCCCC/C=C/C[N+](CCC(C)C(=O)[O-])(CCC(C)C(=O)O)CCC(C)C(=O)O. The molecule has 7 nitrogen and oxygen atoms in total. The van der Waals surface area contributed by atoms with Crippen molar-refractivity contribution in [1.82, 2.24) is 0 Å². The zero-order valence-electron chi connectivity index (χ0n) is 24.8. The third-order valence-corrected chi connectivity index (χ3v) is 7.99. The first-order chi connectivity index (χ1) is 18.0. The van der Waals surface area contributed by atoms with E-state index in [0.717, 1.165) is 12.8 Å². The summed E-state index contributed by atoms with van der Waals surface area (Å²) in [4.78, 5) is 34.2. The maximum Gasteiger partial charge on any atom is 0.306 e. The quantitative estimate of drug-likeness (QED) is 0.0784. The topological polar surface area (TPSA) is 115 Å². The van der Waals surface area contributed by atoms with Crippen LogP contribution in [-0.2, 0) is 14.4 Å². The van der Waals surface area contributed by atoms with Crippen molar-refractivity contribution in [2.75, 3.05) is 26.2 Å². The number of hydrogen-bond donors (Lipinski definition) is 2. The molecule has 0 aromatic carbocycles. The molecular weight excluding hydrogens is 482 g/mol. The van der Waals surface area contributed by atoms with E-state index >= 15 is 0 Å². The van der Waals surface area contributed by atoms with Crippen LogP contribution in [0.15, 0.2) is 12.2 Å². The van der Waals surface area contributed by atoms with Crippen LogP contribution in [0, 0.1) is 17.8 Å². The number of aliphatic carboxylic acids is 3. The lowest BCUT2D eigenvalue weighted by Crippen LogP contribution is -2.52. The van der Waals surface area contributed by atoms with E-state index in [1.54, 1.807) is 20.8 Å². The molecule has 0 rings (SSSR count). The maximum absolute atomic E-state index is 11.4. The Morgan fingerprint density at radius 2 is 1.05 bits per heavy atom. The molecule has 7 heteroatoms. The van der Waals surface area contributed by atoms with Crippen molar-refractivity contribution in [3.05, 3.63) is 12.2 Å². The molecular formula is C31H57NO6. The van der Waals surface area contributed by atoms with Crippen LogP contribution in [0.5, 0.6) is 0 Å². The van der Waals surface area contributed by atoms with Gasteiger partial charge in [0.05, 0.1) is 38.0 Å². The standard InChI is InChI=1S/C31H57NO6/c1-5-6-7-8-9-10-11-12-13-14-15-16-17-18-22-32(23-19-26(2)29(33)34,24-20-27(3)30(35)36)25-21-28(4)31(37)38/h17-18,26-28H,5-16,19-25H2,1-4H3,(H2-,33,34,35,36,37,38)/b18-17+. The molecule has 222 valence electrons. The molecule has 0 fully saturated rings. The Morgan fingerprint density at radius 1 is 0.658 bits per heavy atom. The molecule has 3 unspecified atom stereocenters. The maximum atomic E-state index is 11.4. The van der Waals surface area contributed by atoms with Crippen LogP contribution < -0.4 is 5.11 Å². The molecule has 38 heavy (non-hydrogen) atoms. The van der Waals surface area contributed by atoms with Gasteiger partial charge in [-0.15, -0.1) is 0 Å². The number of nitrogens with zero attached hydrogens (tertiary/aromatic N) is 1. The van der Waals surface area contributed by atoms with Gasteiger partial charge in [0.25, 0.3) is 0 Å². The van der Waals surface area contributed by atoms with Crippen molar-refractivity contribution in [1.29, 1.82) is 0 Å². The smallest absolute Gasteiger partial charge is 0.306 e. The van der Waals surface area contributed by atoms with Gasteiger partial charge in [0.1, 0.15) is 0 Å². The van der Waals surface area contributed by atoms with Gasteiger partial charge in [-0.3, -0.25) is 9.59 Å². The lowest BCUT2D eigenvalue weighted by molar-refractivity contribution is -0.924. The molecule has 0 heterocycles. The van der Waals surface area contributed by atoms with Crippen LogP contribution in [-0.4, -0.2) is 58.8 Å². The number of quaternary nitrogens is 1. The Hall–Kier alpha value is -1.89. The Labute approximate surface area is 232 Å². The summed E-state index contributed by atoms with van der Waals surface area (Å²) in [5.41, 5.74) is 0. The molecule has 0 aliphatic carbocycles. The van der Waals surface area contributed by atoms with Crippen LogP contribution >= 0.6 is 0 Å². The highest BCUT2D eigenvalue weighted by atomic mass is 16.4. The Balaban J connectivity index is 4.88. The first kappa shape index (κ1) is 36.1. The highest BCUT2D eigenvalue weighted by molar-refractivity contribution is 5.69. The summed E-state index contributed by atoms with van der Waals surface area (Å²) in [6, 6.07) is 0. The predicted octanol–water partition coefficient (Wildman–Crippen LogP) is 6.06. The van der Waals surface area contributed by atoms with Crippen LogP contribution in [0.3, 0.4) is 0 Å². The fraction of sp³-hybridized carbons (Fsp3) is 0.839. The average molecular weight is 540 g/mol. The molecule has 0 saturated carbocycles. The summed E-state index contributed by atoms with van der Waals surface area (Å²) in [7, 11) is 0. The molecule has 0 aromatic heterocycles. The predicted molar refractivity (Wildman–Crippen MR) is 152 cm³/mol. The van der Waals surface area contributed by atoms with Gasteiger partial charge in [-0.1, -0.05) is 98.0 Å². The number of hydrogen-bond acceptors (Lipinski definition) is 4. The number of carboxylic acids is 3. The van der Waals surface area contributed by atoms with E-state index in [9.17, 15) is 29.7 Å². The molecule has 2 N–H and O–H groups in total. The molecule has 0 spiro atoms. The molecule has 3 atom stereocenters. The third-order valence-electron chi connectivity index (χ3n) is 7.99. The van der Waals surface area contributed by atoms with Gasteiger partial charge in [-0.05, 0) is 18.9 Å². The van der Waals surface area contributed by atoms with Crippen LogP contribution in [0.25, 0.3) is 0 Å². The summed E-state index contributed by atoms with van der Waals surface area (Å²) < 4.78 is 0.502. The molecule has 0 saturated heterocycles. The van der Waals surface area contributed by atoms with Gasteiger partial charge >= 0.3 is 11.9 Å². The van der Waals surface area contributed by atoms with E-state index in [2.05, 4.69) is 19.1 Å². The summed E-state index contributed by atoms with van der Waals surface area (Å²) in [6.07, 6.45) is 21.0. The summed E-state index contributed by atoms with van der Waals surface area (Å²) in [5, 5.41) is 30.1. The van der Waals surface area contributed by atoms with Crippen molar-refractivity contribution >= 4 is 17.9 Å². The highest BCUT2D eigenvalue weighted by Gasteiger charge is 2.30. The second-order valence-corrected chi connectivity index (χ2v) is 11.6. The lowest BCUT2D eigenvalue weighted by Gasteiger charge is -2.40. The van der Waals surface area contributed by atoms with Gasteiger partial charge < -0.3 is 24.6 Å². The largest absolute Gasteiger partial charge is 0.550 e. The van der Waals surface area contributed by atoms with Crippen molar-refractivity contribution in [2.45, 2.75) is 124 Å². The number of allylic oxidation sites excluding steroid dienone is 1. The van der Waals surface area contributed by atoms with Gasteiger partial charge in [0.15, 0.2) is 0 Å². The number of carboxylic acid groups (broad SMARTS) is 3. The van der Waals surface area contributed by atoms with Crippen LogP contribution in [0.4, 0.5) is 0 Å². The first-order valence-electron chi connectivity index (χ1n) is 15.2. The minimum Gasteiger partial charge on any atom is -0.550 e. The second-order valence-electron chi connectivity index (χ2n) is 11.6. The monoisotopic (exact) mass is 539 g/mol. The van der Waals surface area contributed by atoms with Gasteiger partial charge in [-0.2, -0.15) is 0 Å². The fourth-order valence-electron chi connectivity index (χ4n) is 4.72. The molecule has 0 aliphatic rings. The normalized spacial score (nSPS) is 15.7. The molecule has 0 amide bonds. The molecule has 0 radical (unpaired) electrons. The minimum absolute atomic E-state index is 0.414. The van der Waals surface area contributed by atoms with Crippen molar-refractivity contribution in [2.24, 2.45) is 17.8 Å². The Bertz CT molecular complexity index is 617. The molecule has 0 aliphatic heterocycles. The van der Waals surface area contributed by atoms with E-state index in [1.807, 2.05) is 0 Å². The zero-order chi connectivity index (χ0) is 28.8. The van der Waals surface area contributed by atoms with E-state index in [4.69, 9.17) is 0 Å². The van der Waals surface area contributed by atoms with Crippen LogP contribution in [0.2, 0.25) is 0 Å². The number of carbonyl (C=O) groups is 3. The molecule has 0 bridgehead atoms. The number of unbranched alkanes of at least 4 members (excludes halogenated alkanes) is 11. The van der Waals surface area contributed by atoms with E-state index in [1.165, 1.54) is 64.2 Å². The van der Waals surface area contributed by atoms with E-state index in [-0.39, 0.29) is 0 Å². The first-order valence-corrected chi connectivity index (χ1v) is 15.2. The van der Waals surface area contributed by atoms with Gasteiger partial charge in [0.2, 0.25) is 0 Å². The Kier molecular flexibility index (Phi) is 20.9. The van der Waals surface area contributed by atoms with Crippen molar-refractivity contribution in [3.63, 3.8) is 0 Å². The fourth-order valence-corrected chi connectivity index (χ4v) is 4.72. The number of carbonyl (C=O) groups excluding carboxylic acids is 1.